The Balaban J connectivity index is 3.19. The smallest absolute Gasteiger partial charge is 0.0601 e. The fraction of sp³-hybridized carbons (Fsp3) is 0.600. The van der Waals surface area contributed by atoms with Crippen LogP contribution in [0.5, 0.6) is 0 Å². The molecule has 2 nitrogen and oxygen atoms in total. The highest BCUT2D eigenvalue weighted by Crippen LogP contribution is 1.89. The van der Waals surface area contributed by atoms with Crippen LogP contribution in [-0.2, 0) is 0 Å². The van der Waals surface area contributed by atoms with Crippen molar-refractivity contribution in [3.8, 4) is 0 Å². The SMILES string of the molecule is CC(C)N=CSC=N. The monoisotopic (exact) mass is 130 g/mol. The molecule has 0 aromatic rings. The van der Waals surface area contributed by atoms with Crippen molar-refractivity contribution in [3.63, 3.8) is 0 Å². The van der Waals surface area contributed by atoms with E-state index in [0.717, 1.165) is 0 Å². The predicted octanol–water partition coefficient (Wildman–Crippen LogP) is 1.76. The molecule has 0 saturated heterocycles. The summed E-state index contributed by atoms with van der Waals surface area (Å²) in [6.07, 6.45) is 0. The van der Waals surface area contributed by atoms with Gasteiger partial charge in [0.2, 0.25) is 0 Å². The van der Waals surface area contributed by atoms with Crippen LogP contribution in [-0.4, -0.2) is 17.1 Å². The first kappa shape index (κ1) is 7.69. The molecule has 0 aliphatic rings. The first-order chi connectivity index (χ1) is 3.77. The van der Waals surface area contributed by atoms with E-state index in [0.29, 0.717) is 6.04 Å². The zero-order valence-corrected chi connectivity index (χ0v) is 5.90. The molecule has 8 heavy (non-hydrogen) atoms. The van der Waals surface area contributed by atoms with E-state index in [1.54, 1.807) is 5.55 Å². The van der Waals surface area contributed by atoms with Crippen LogP contribution < -0.4 is 0 Å². The van der Waals surface area contributed by atoms with Crippen LogP contribution in [0.15, 0.2) is 4.99 Å². The molecule has 0 fully saturated rings. The summed E-state index contributed by atoms with van der Waals surface area (Å²) in [5.74, 6) is 0. The molecule has 0 unspecified atom stereocenters. The van der Waals surface area contributed by atoms with Gasteiger partial charge in [-0.25, -0.2) is 0 Å². The van der Waals surface area contributed by atoms with Crippen molar-refractivity contribution in [2.75, 3.05) is 0 Å². The minimum Gasteiger partial charge on any atom is -0.302 e. The van der Waals surface area contributed by atoms with Crippen LogP contribution in [0.2, 0.25) is 0 Å². The van der Waals surface area contributed by atoms with Crippen LogP contribution in [0.3, 0.4) is 0 Å². The second-order valence-corrected chi connectivity index (χ2v) is 2.32. The summed E-state index contributed by atoms with van der Waals surface area (Å²) in [4.78, 5) is 4.00. The Labute approximate surface area is 53.9 Å². The van der Waals surface area contributed by atoms with Crippen molar-refractivity contribution in [2.24, 2.45) is 4.99 Å². The van der Waals surface area contributed by atoms with E-state index in [4.69, 9.17) is 5.41 Å². The Kier molecular flexibility index (Phi) is 4.65. The van der Waals surface area contributed by atoms with Gasteiger partial charge in [0, 0.05) is 6.04 Å². The van der Waals surface area contributed by atoms with Crippen molar-refractivity contribution in [3.05, 3.63) is 0 Å². The Hall–Kier alpha value is -0.310. The average Bonchev–Trinajstić information content (AvgIpc) is 1.66. The maximum atomic E-state index is 6.59. The zero-order valence-electron chi connectivity index (χ0n) is 5.09. The van der Waals surface area contributed by atoms with E-state index in [1.807, 2.05) is 13.8 Å². The highest BCUT2D eigenvalue weighted by atomic mass is 32.2. The molecule has 0 bridgehead atoms. The summed E-state index contributed by atoms with van der Waals surface area (Å²) >= 11 is 1.29. The van der Waals surface area contributed by atoms with Gasteiger partial charge in [0.05, 0.1) is 11.1 Å². The van der Waals surface area contributed by atoms with Gasteiger partial charge >= 0.3 is 0 Å². The number of aliphatic imine (C=N–C) groups is 1. The van der Waals surface area contributed by atoms with Crippen LogP contribution >= 0.6 is 11.8 Å². The molecule has 0 spiro atoms. The fourth-order valence-electron chi connectivity index (χ4n) is 0.187. The Morgan fingerprint density at radius 1 is 1.62 bits per heavy atom. The molecule has 3 heteroatoms. The molecule has 1 N–H and O–H groups in total. The van der Waals surface area contributed by atoms with Crippen molar-refractivity contribution in [1.29, 1.82) is 5.41 Å². The quantitative estimate of drug-likeness (QED) is 0.458. The third-order valence-corrected chi connectivity index (χ3v) is 0.867. The minimum absolute atomic E-state index is 0.349. The molecule has 46 valence electrons. The molecule has 0 aromatic heterocycles. The van der Waals surface area contributed by atoms with Gasteiger partial charge in [-0.1, -0.05) is 11.8 Å². The third-order valence-electron chi connectivity index (χ3n) is 0.488. The van der Waals surface area contributed by atoms with Gasteiger partial charge in [0.25, 0.3) is 0 Å². The molecule has 0 atom stereocenters. The van der Waals surface area contributed by atoms with Gasteiger partial charge in [0.15, 0.2) is 0 Å². The second-order valence-electron chi connectivity index (χ2n) is 1.60. The maximum Gasteiger partial charge on any atom is 0.0601 e. The lowest BCUT2D eigenvalue weighted by Gasteiger charge is -1.89. The topological polar surface area (TPSA) is 36.2 Å². The summed E-state index contributed by atoms with van der Waals surface area (Å²) in [5, 5.41) is 6.59. The van der Waals surface area contributed by atoms with E-state index in [1.165, 1.54) is 17.3 Å². The van der Waals surface area contributed by atoms with E-state index >= 15 is 0 Å². The lowest BCUT2D eigenvalue weighted by Crippen LogP contribution is -1.85. The molecule has 0 saturated carbocycles. The third kappa shape index (κ3) is 5.69. The van der Waals surface area contributed by atoms with Gasteiger partial charge in [-0.15, -0.1) is 0 Å². The van der Waals surface area contributed by atoms with Crippen LogP contribution in [0.1, 0.15) is 13.8 Å². The Bertz CT molecular complexity index is 88.4. The molecule has 0 aliphatic carbocycles. The number of hydrogen-bond donors (Lipinski definition) is 1. The Morgan fingerprint density at radius 2 is 2.25 bits per heavy atom. The summed E-state index contributed by atoms with van der Waals surface area (Å²) < 4.78 is 0. The van der Waals surface area contributed by atoms with E-state index < -0.39 is 0 Å². The highest BCUT2D eigenvalue weighted by Gasteiger charge is 1.80. The van der Waals surface area contributed by atoms with Gasteiger partial charge in [-0.2, -0.15) is 0 Å². The minimum atomic E-state index is 0.349. The standard InChI is InChI=1S/C5H10N2S/c1-5(2)7-4-8-3-6/h3-6H,1-2H3. The zero-order chi connectivity index (χ0) is 6.41. The first-order valence-corrected chi connectivity index (χ1v) is 3.37. The van der Waals surface area contributed by atoms with Crippen molar-refractivity contribution >= 4 is 22.9 Å². The van der Waals surface area contributed by atoms with E-state index in [-0.39, 0.29) is 0 Å². The van der Waals surface area contributed by atoms with E-state index in [2.05, 4.69) is 4.99 Å². The Morgan fingerprint density at radius 3 is 2.62 bits per heavy atom. The maximum absolute atomic E-state index is 6.59. The van der Waals surface area contributed by atoms with Crippen LogP contribution in [0.25, 0.3) is 0 Å². The first-order valence-electron chi connectivity index (χ1n) is 2.43. The molecule has 0 aliphatic heterocycles. The molecular weight excluding hydrogens is 120 g/mol. The number of hydrogen-bond acceptors (Lipinski definition) is 3. The molecular formula is C5H10N2S. The summed E-state index contributed by atoms with van der Waals surface area (Å²) in [5.41, 5.74) is 2.93. The number of nitrogens with zero attached hydrogens (tertiary/aromatic N) is 1. The van der Waals surface area contributed by atoms with Crippen LogP contribution in [0, 0.1) is 5.41 Å². The van der Waals surface area contributed by atoms with Crippen molar-refractivity contribution < 1.29 is 0 Å². The van der Waals surface area contributed by atoms with Crippen LogP contribution in [0.4, 0.5) is 0 Å². The molecule has 0 rings (SSSR count). The summed E-state index contributed by atoms with van der Waals surface area (Å²) in [6.45, 7) is 4.00. The lowest BCUT2D eigenvalue weighted by molar-refractivity contribution is 0.843. The lowest BCUT2D eigenvalue weighted by atomic mass is 10.4. The molecule has 0 aromatic carbocycles. The normalized spacial score (nSPS) is 10.9. The average molecular weight is 130 g/mol. The van der Waals surface area contributed by atoms with Gasteiger partial charge in [-0.05, 0) is 13.8 Å². The number of rotatable bonds is 3. The summed E-state index contributed by atoms with van der Waals surface area (Å²) in [7, 11) is 0. The molecule has 0 radical (unpaired) electrons. The van der Waals surface area contributed by atoms with Gasteiger partial charge in [-0.3, -0.25) is 4.99 Å². The number of nitrogens with one attached hydrogen (secondary N) is 1. The highest BCUT2D eigenvalue weighted by molar-refractivity contribution is 8.23. The van der Waals surface area contributed by atoms with Gasteiger partial charge < -0.3 is 5.41 Å². The van der Waals surface area contributed by atoms with Crippen molar-refractivity contribution in [2.45, 2.75) is 19.9 Å². The van der Waals surface area contributed by atoms with Crippen molar-refractivity contribution in [1.82, 2.24) is 0 Å². The fourth-order valence-corrected chi connectivity index (χ4v) is 0.562. The second kappa shape index (κ2) is 4.84. The molecule has 0 amide bonds. The van der Waals surface area contributed by atoms with E-state index in [9.17, 15) is 0 Å². The summed E-state index contributed by atoms with van der Waals surface area (Å²) in [6, 6.07) is 0.349. The van der Waals surface area contributed by atoms with Gasteiger partial charge in [0.1, 0.15) is 0 Å². The molecule has 0 heterocycles. The largest absolute Gasteiger partial charge is 0.302 e. The predicted molar refractivity (Wildman–Crippen MR) is 40.0 cm³/mol. The number of thioether (sulfide) groups is 1.